The molecule has 0 aromatic carbocycles. The molecule has 2 saturated carbocycles. The standard InChI is InChI=1S/C40H58O5/c1-28(17-13-18-30(3)21-22-40(44)37(7,8)25-33(42)27-39(40,10)43)15-11-12-16-29(2)19-14-20-31(4)34-23-35-36(5,6)24-32(41)26-38(35,9)45-34/h11-23,32-34,41-44H,24-27H2,1-10H3/b12-11+,17-13+,19-14+,22-21+,28-15+,29-16+,30-18+,31-20+/t32-,33-,34?,38+,39+,40+/m0/s1. The van der Waals surface area contributed by atoms with Crippen molar-refractivity contribution in [2.45, 2.75) is 130 Å². The van der Waals surface area contributed by atoms with Crippen molar-refractivity contribution in [3.8, 4) is 0 Å². The number of hydrogen-bond acceptors (Lipinski definition) is 5. The molecule has 1 heterocycles. The van der Waals surface area contributed by atoms with E-state index in [0.29, 0.717) is 12.8 Å². The van der Waals surface area contributed by atoms with Crippen LogP contribution < -0.4 is 0 Å². The van der Waals surface area contributed by atoms with Crippen molar-refractivity contribution in [2.24, 2.45) is 10.8 Å². The van der Waals surface area contributed by atoms with E-state index >= 15 is 0 Å². The lowest BCUT2D eigenvalue weighted by molar-refractivity contribution is -0.216. The maximum Gasteiger partial charge on any atom is 0.117 e. The molecule has 0 radical (unpaired) electrons. The fourth-order valence-electron chi connectivity index (χ4n) is 7.45. The van der Waals surface area contributed by atoms with E-state index in [2.05, 4.69) is 65.0 Å². The Labute approximate surface area is 272 Å². The SMILES string of the molecule is CC(/C=C/C=C(C)/C=C/[C@@]1(O)C(C)(C)C[C@H](O)C[C@@]1(C)O)=C\C=C\C=C(C)\C=C\C=C(/C)C1C=C2C(C)(C)C[C@H](O)C[C@@]2(C)O1. The summed E-state index contributed by atoms with van der Waals surface area (Å²) in [6, 6.07) is 0. The van der Waals surface area contributed by atoms with Gasteiger partial charge in [-0.2, -0.15) is 0 Å². The molecule has 45 heavy (non-hydrogen) atoms. The molecular weight excluding hydrogens is 560 g/mol. The molecule has 0 aromatic rings. The Morgan fingerprint density at radius 3 is 1.78 bits per heavy atom. The van der Waals surface area contributed by atoms with Gasteiger partial charge in [0.05, 0.1) is 29.5 Å². The van der Waals surface area contributed by atoms with E-state index in [1.54, 1.807) is 13.0 Å². The number of allylic oxidation sites excluding steroid dienone is 14. The molecule has 6 atom stereocenters. The lowest BCUT2D eigenvalue weighted by Crippen LogP contribution is -2.65. The van der Waals surface area contributed by atoms with Crippen molar-refractivity contribution >= 4 is 0 Å². The minimum atomic E-state index is -1.45. The molecule has 1 unspecified atom stereocenters. The van der Waals surface area contributed by atoms with Crippen LogP contribution in [0, 0.1) is 10.8 Å². The van der Waals surface area contributed by atoms with Gasteiger partial charge < -0.3 is 25.2 Å². The zero-order valence-electron chi connectivity index (χ0n) is 29.3. The minimum Gasteiger partial charge on any atom is -0.393 e. The number of hydrogen-bond donors (Lipinski definition) is 4. The Balaban J connectivity index is 1.55. The Kier molecular flexibility index (Phi) is 11.5. The van der Waals surface area contributed by atoms with Crippen molar-refractivity contribution in [3.05, 3.63) is 107 Å². The Morgan fingerprint density at radius 2 is 1.20 bits per heavy atom. The molecular formula is C40H58O5. The summed E-state index contributed by atoms with van der Waals surface area (Å²) in [4.78, 5) is 0. The van der Waals surface area contributed by atoms with Crippen LogP contribution in [0.4, 0.5) is 0 Å². The summed E-state index contributed by atoms with van der Waals surface area (Å²) in [7, 11) is 0. The molecule has 0 spiro atoms. The monoisotopic (exact) mass is 618 g/mol. The fraction of sp³-hybridized carbons (Fsp3) is 0.550. The third-order valence-electron chi connectivity index (χ3n) is 9.91. The predicted molar refractivity (Wildman–Crippen MR) is 187 cm³/mol. The maximum absolute atomic E-state index is 11.4. The van der Waals surface area contributed by atoms with Gasteiger partial charge in [-0.05, 0) is 83.1 Å². The second-order valence-electron chi connectivity index (χ2n) is 15.4. The van der Waals surface area contributed by atoms with Crippen LogP contribution in [-0.2, 0) is 4.74 Å². The van der Waals surface area contributed by atoms with Gasteiger partial charge in [0, 0.05) is 18.3 Å². The van der Waals surface area contributed by atoms with Gasteiger partial charge in [-0.15, -0.1) is 0 Å². The van der Waals surface area contributed by atoms with Gasteiger partial charge in [-0.1, -0.05) is 111 Å². The molecule has 3 aliphatic rings. The summed E-state index contributed by atoms with van der Waals surface area (Å²) in [5, 5.41) is 42.9. The molecule has 0 saturated heterocycles. The highest BCUT2D eigenvalue weighted by Crippen LogP contribution is 2.52. The number of rotatable bonds is 9. The molecule has 3 rings (SSSR count). The normalized spacial score (nSPS) is 36.5. The quantitative estimate of drug-likeness (QED) is 0.156. The zero-order chi connectivity index (χ0) is 33.8. The molecule has 0 aromatic heterocycles. The predicted octanol–water partition coefficient (Wildman–Crippen LogP) is 7.92. The summed E-state index contributed by atoms with van der Waals surface area (Å²) < 4.78 is 6.45. The first-order chi connectivity index (χ1) is 20.7. The summed E-state index contributed by atoms with van der Waals surface area (Å²) in [5.74, 6) is 0. The summed E-state index contributed by atoms with van der Waals surface area (Å²) in [6.07, 6.45) is 27.1. The zero-order valence-corrected chi connectivity index (χ0v) is 29.3. The van der Waals surface area contributed by atoms with E-state index in [1.165, 1.54) is 5.57 Å². The summed E-state index contributed by atoms with van der Waals surface area (Å²) in [5.41, 5.74) is 1.62. The van der Waals surface area contributed by atoms with Gasteiger partial charge in [0.15, 0.2) is 0 Å². The molecule has 2 aliphatic carbocycles. The molecule has 0 amide bonds. The molecule has 4 N–H and O–H groups in total. The lowest BCUT2D eigenvalue weighted by Gasteiger charge is -2.54. The first kappa shape index (κ1) is 36.9. The summed E-state index contributed by atoms with van der Waals surface area (Å²) >= 11 is 0. The molecule has 1 aliphatic heterocycles. The van der Waals surface area contributed by atoms with Crippen molar-refractivity contribution in [3.63, 3.8) is 0 Å². The van der Waals surface area contributed by atoms with Crippen LogP contribution in [0.2, 0.25) is 0 Å². The smallest absolute Gasteiger partial charge is 0.117 e. The highest BCUT2D eigenvalue weighted by atomic mass is 16.5. The average molecular weight is 619 g/mol. The molecule has 5 nitrogen and oxygen atoms in total. The van der Waals surface area contributed by atoms with E-state index in [9.17, 15) is 20.4 Å². The van der Waals surface area contributed by atoms with E-state index in [-0.39, 0.29) is 24.0 Å². The van der Waals surface area contributed by atoms with Crippen molar-refractivity contribution in [1.29, 1.82) is 0 Å². The third kappa shape index (κ3) is 8.84. The Bertz CT molecular complexity index is 1340. The van der Waals surface area contributed by atoms with Crippen LogP contribution >= 0.6 is 0 Å². The molecule has 248 valence electrons. The number of fused-ring (bicyclic) bond motifs is 1. The van der Waals surface area contributed by atoms with Gasteiger partial charge in [-0.25, -0.2) is 0 Å². The van der Waals surface area contributed by atoms with E-state index < -0.39 is 28.3 Å². The van der Waals surface area contributed by atoms with Crippen LogP contribution in [0.3, 0.4) is 0 Å². The minimum absolute atomic E-state index is 0.0642. The molecule has 0 bridgehead atoms. The van der Waals surface area contributed by atoms with Crippen LogP contribution in [0.25, 0.3) is 0 Å². The highest BCUT2D eigenvalue weighted by Gasteiger charge is 2.58. The van der Waals surface area contributed by atoms with E-state index in [1.807, 2.05) is 70.2 Å². The average Bonchev–Trinajstić information content (AvgIpc) is 3.26. The highest BCUT2D eigenvalue weighted by molar-refractivity contribution is 5.37. The number of aliphatic hydroxyl groups is 4. The third-order valence-corrected chi connectivity index (χ3v) is 9.91. The second kappa shape index (κ2) is 14.1. The van der Waals surface area contributed by atoms with Gasteiger partial charge in [-0.3, -0.25) is 0 Å². The van der Waals surface area contributed by atoms with Gasteiger partial charge in [0.1, 0.15) is 5.60 Å². The van der Waals surface area contributed by atoms with Crippen molar-refractivity contribution in [1.82, 2.24) is 0 Å². The second-order valence-corrected chi connectivity index (χ2v) is 15.4. The fourth-order valence-corrected chi connectivity index (χ4v) is 7.45. The maximum atomic E-state index is 11.4. The van der Waals surface area contributed by atoms with Crippen LogP contribution in [0.15, 0.2) is 107 Å². The van der Waals surface area contributed by atoms with Gasteiger partial charge in [0.2, 0.25) is 0 Å². The number of aliphatic hydroxyl groups excluding tert-OH is 2. The van der Waals surface area contributed by atoms with Crippen LogP contribution in [0.1, 0.15) is 94.9 Å². The molecule has 5 heteroatoms. The Morgan fingerprint density at radius 1 is 0.689 bits per heavy atom. The van der Waals surface area contributed by atoms with E-state index in [4.69, 9.17) is 4.74 Å². The molecule has 2 fully saturated rings. The van der Waals surface area contributed by atoms with Crippen LogP contribution in [-0.4, -0.2) is 55.5 Å². The van der Waals surface area contributed by atoms with E-state index in [0.717, 1.165) is 28.7 Å². The van der Waals surface area contributed by atoms with Gasteiger partial charge in [0.25, 0.3) is 0 Å². The topological polar surface area (TPSA) is 90.2 Å². The van der Waals surface area contributed by atoms with Crippen molar-refractivity contribution < 1.29 is 25.2 Å². The first-order valence-electron chi connectivity index (χ1n) is 16.3. The largest absolute Gasteiger partial charge is 0.393 e. The summed E-state index contributed by atoms with van der Waals surface area (Å²) in [6.45, 7) is 20.0. The Hall–Kier alpha value is -2.54. The van der Waals surface area contributed by atoms with Gasteiger partial charge >= 0.3 is 0 Å². The number of ether oxygens (including phenoxy) is 1. The van der Waals surface area contributed by atoms with Crippen LogP contribution in [0.5, 0.6) is 0 Å². The lowest BCUT2D eigenvalue weighted by atomic mass is 9.57. The van der Waals surface area contributed by atoms with Crippen molar-refractivity contribution in [2.75, 3.05) is 0 Å². The first-order valence-corrected chi connectivity index (χ1v) is 16.3.